The Bertz CT molecular complexity index is 538. The summed E-state index contributed by atoms with van der Waals surface area (Å²) in [4.78, 5) is 7.60. The standard InChI is InChI=1S/C18H37N5O2S/c1-3-19-17(20-12-13-22-26(2,24)25)21-16-18(10-6-4-7-11-18)23-14-8-5-9-15-23/h22H,3-16H2,1-2H3,(H2,19,20,21). The van der Waals surface area contributed by atoms with Crippen LogP contribution < -0.4 is 15.4 Å². The third-order valence-electron chi connectivity index (χ3n) is 5.47. The lowest BCUT2D eigenvalue weighted by atomic mass is 9.79. The monoisotopic (exact) mass is 387 g/mol. The van der Waals surface area contributed by atoms with E-state index in [9.17, 15) is 8.42 Å². The maximum atomic E-state index is 11.2. The van der Waals surface area contributed by atoms with Gasteiger partial charge < -0.3 is 10.6 Å². The minimum Gasteiger partial charge on any atom is -0.357 e. The number of sulfonamides is 1. The topological polar surface area (TPSA) is 85.8 Å². The van der Waals surface area contributed by atoms with Gasteiger partial charge in [-0.05, 0) is 45.7 Å². The van der Waals surface area contributed by atoms with E-state index in [2.05, 4.69) is 20.3 Å². The molecule has 0 aromatic heterocycles. The molecule has 0 bridgehead atoms. The van der Waals surface area contributed by atoms with Crippen LogP contribution in [0.2, 0.25) is 0 Å². The second-order valence-electron chi connectivity index (χ2n) is 7.62. The summed E-state index contributed by atoms with van der Waals surface area (Å²) in [6.45, 7) is 6.96. The molecule has 152 valence electrons. The van der Waals surface area contributed by atoms with Gasteiger partial charge in [-0.1, -0.05) is 25.7 Å². The maximum absolute atomic E-state index is 11.2. The van der Waals surface area contributed by atoms with E-state index in [-0.39, 0.29) is 5.54 Å². The number of hydrogen-bond acceptors (Lipinski definition) is 4. The van der Waals surface area contributed by atoms with Crippen molar-refractivity contribution in [3.63, 3.8) is 0 Å². The summed E-state index contributed by atoms with van der Waals surface area (Å²) in [6.07, 6.45) is 11.6. The minimum atomic E-state index is -3.15. The summed E-state index contributed by atoms with van der Waals surface area (Å²) in [7, 11) is -3.15. The molecule has 2 rings (SSSR count). The summed E-state index contributed by atoms with van der Waals surface area (Å²) in [6, 6.07) is 0. The van der Waals surface area contributed by atoms with Crippen LogP contribution in [0.1, 0.15) is 58.3 Å². The first-order valence-corrected chi connectivity index (χ1v) is 12.1. The highest BCUT2D eigenvalue weighted by molar-refractivity contribution is 7.88. The zero-order valence-electron chi connectivity index (χ0n) is 16.5. The molecule has 2 aliphatic rings. The average molecular weight is 388 g/mol. The van der Waals surface area contributed by atoms with Crippen LogP contribution in [0.5, 0.6) is 0 Å². The zero-order chi connectivity index (χ0) is 18.9. The van der Waals surface area contributed by atoms with Gasteiger partial charge in [0.25, 0.3) is 0 Å². The van der Waals surface area contributed by atoms with Gasteiger partial charge in [0.1, 0.15) is 0 Å². The van der Waals surface area contributed by atoms with Crippen LogP contribution in [-0.4, -0.2) is 70.3 Å². The predicted molar refractivity (Wildman–Crippen MR) is 108 cm³/mol. The molecule has 2 fully saturated rings. The lowest BCUT2D eigenvalue weighted by molar-refractivity contribution is 0.0407. The first kappa shape index (κ1) is 21.4. The molecule has 1 saturated heterocycles. The third kappa shape index (κ3) is 7.04. The van der Waals surface area contributed by atoms with Gasteiger partial charge in [0, 0.05) is 25.2 Å². The van der Waals surface area contributed by atoms with Gasteiger partial charge in [-0.25, -0.2) is 13.1 Å². The molecule has 0 unspecified atom stereocenters. The Labute approximate surface area is 159 Å². The predicted octanol–water partition coefficient (Wildman–Crippen LogP) is 1.28. The molecule has 8 heteroatoms. The van der Waals surface area contributed by atoms with Crippen molar-refractivity contribution in [2.24, 2.45) is 4.99 Å². The molecule has 0 aromatic rings. The van der Waals surface area contributed by atoms with E-state index in [1.165, 1.54) is 70.7 Å². The highest BCUT2D eigenvalue weighted by Gasteiger charge is 2.38. The number of aliphatic imine (C=N–C) groups is 1. The Kier molecular flexibility index (Phi) is 8.63. The fourth-order valence-corrected chi connectivity index (χ4v) is 4.61. The van der Waals surface area contributed by atoms with Crippen LogP contribution in [0, 0.1) is 0 Å². The van der Waals surface area contributed by atoms with E-state index < -0.39 is 10.0 Å². The number of nitrogens with zero attached hydrogens (tertiary/aromatic N) is 2. The summed E-state index contributed by atoms with van der Waals surface area (Å²) in [5, 5.41) is 6.53. The summed E-state index contributed by atoms with van der Waals surface area (Å²) < 4.78 is 24.8. The van der Waals surface area contributed by atoms with E-state index in [4.69, 9.17) is 4.99 Å². The zero-order valence-corrected chi connectivity index (χ0v) is 17.3. The Morgan fingerprint density at radius 1 is 1.00 bits per heavy atom. The van der Waals surface area contributed by atoms with E-state index >= 15 is 0 Å². The van der Waals surface area contributed by atoms with Crippen LogP contribution >= 0.6 is 0 Å². The molecule has 0 atom stereocenters. The van der Waals surface area contributed by atoms with Crippen molar-refractivity contribution in [1.29, 1.82) is 0 Å². The number of likely N-dealkylation sites (tertiary alicyclic amines) is 1. The first-order chi connectivity index (χ1) is 12.5. The quantitative estimate of drug-likeness (QED) is 0.332. The molecule has 0 spiro atoms. The lowest BCUT2D eigenvalue weighted by Gasteiger charge is -2.47. The second kappa shape index (κ2) is 10.5. The molecule has 1 aliphatic carbocycles. The van der Waals surface area contributed by atoms with Gasteiger partial charge in [0.05, 0.1) is 12.8 Å². The smallest absolute Gasteiger partial charge is 0.208 e. The molecule has 1 saturated carbocycles. The normalized spacial score (nSPS) is 22.2. The molecule has 0 amide bonds. The van der Waals surface area contributed by atoms with Crippen molar-refractivity contribution in [2.45, 2.75) is 63.8 Å². The largest absolute Gasteiger partial charge is 0.357 e. The molecule has 1 aliphatic heterocycles. The molecular formula is C18H37N5O2S. The van der Waals surface area contributed by atoms with E-state index in [1.807, 2.05) is 6.92 Å². The van der Waals surface area contributed by atoms with Crippen LogP contribution in [0.3, 0.4) is 0 Å². The maximum Gasteiger partial charge on any atom is 0.208 e. The lowest BCUT2D eigenvalue weighted by Crippen LogP contribution is -2.54. The van der Waals surface area contributed by atoms with Crippen molar-refractivity contribution in [3.05, 3.63) is 0 Å². The molecule has 26 heavy (non-hydrogen) atoms. The number of rotatable bonds is 8. The first-order valence-electron chi connectivity index (χ1n) is 10.2. The summed E-state index contributed by atoms with van der Waals surface area (Å²) in [5.41, 5.74) is 0.214. The van der Waals surface area contributed by atoms with Crippen molar-refractivity contribution in [3.8, 4) is 0 Å². The second-order valence-corrected chi connectivity index (χ2v) is 9.45. The Balaban J connectivity index is 1.96. The Morgan fingerprint density at radius 3 is 2.27 bits per heavy atom. The van der Waals surface area contributed by atoms with E-state index in [0.717, 1.165) is 19.0 Å². The average Bonchev–Trinajstić information content (AvgIpc) is 2.64. The van der Waals surface area contributed by atoms with Crippen molar-refractivity contribution >= 4 is 16.0 Å². The Hall–Kier alpha value is -0.860. The molecule has 7 nitrogen and oxygen atoms in total. The van der Waals surface area contributed by atoms with Crippen molar-refractivity contribution < 1.29 is 8.42 Å². The molecule has 0 radical (unpaired) electrons. The number of piperidine rings is 1. The van der Waals surface area contributed by atoms with E-state index in [0.29, 0.717) is 13.1 Å². The fourth-order valence-electron chi connectivity index (χ4n) is 4.14. The van der Waals surface area contributed by atoms with Crippen LogP contribution in [0.4, 0.5) is 0 Å². The number of guanidine groups is 1. The summed E-state index contributed by atoms with van der Waals surface area (Å²) >= 11 is 0. The van der Waals surface area contributed by atoms with Gasteiger partial charge >= 0.3 is 0 Å². The van der Waals surface area contributed by atoms with Gasteiger partial charge in [-0.3, -0.25) is 9.89 Å². The summed E-state index contributed by atoms with van der Waals surface area (Å²) in [5.74, 6) is 0.782. The Morgan fingerprint density at radius 2 is 1.65 bits per heavy atom. The fraction of sp³-hybridized carbons (Fsp3) is 0.944. The highest BCUT2D eigenvalue weighted by atomic mass is 32.2. The van der Waals surface area contributed by atoms with Crippen LogP contribution in [0.15, 0.2) is 4.99 Å². The highest BCUT2D eigenvalue weighted by Crippen LogP contribution is 2.35. The van der Waals surface area contributed by atoms with Gasteiger partial charge in [-0.15, -0.1) is 0 Å². The number of nitrogens with one attached hydrogen (secondary N) is 3. The molecule has 1 heterocycles. The van der Waals surface area contributed by atoms with Crippen LogP contribution in [0.25, 0.3) is 0 Å². The van der Waals surface area contributed by atoms with E-state index in [1.54, 1.807) is 0 Å². The van der Waals surface area contributed by atoms with Crippen molar-refractivity contribution in [2.75, 3.05) is 45.5 Å². The molecular weight excluding hydrogens is 350 g/mol. The van der Waals surface area contributed by atoms with Gasteiger partial charge in [-0.2, -0.15) is 0 Å². The van der Waals surface area contributed by atoms with Crippen LogP contribution in [-0.2, 0) is 10.0 Å². The SMILES string of the molecule is CCNC(=NCC1(N2CCCCC2)CCCCC1)NCCNS(C)(=O)=O. The number of hydrogen-bond donors (Lipinski definition) is 3. The molecule has 3 N–H and O–H groups in total. The molecule has 0 aromatic carbocycles. The van der Waals surface area contributed by atoms with Gasteiger partial charge in [0.2, 0.25) is 10.0 Å². The minimum absolute atomic E-state index is 0.214. The third-order valence-corrected chi connectivity index (χ3v) is 6.20. The van der Waals surface area contributed by atoms with Gasteiger partial charge in [0.15, 0.2) is 5.96 Å². The van der Waals surface area contributed by atoms with Crippen molar-refractivity contribution in [1.82, 2.24) is 20.3 Å².